The Balaban J connectivity index is 2.16. The molecule has 0 bridgehead atoms. The molecule has 1 saturated heterocycles. The number of aliphatic hydroxyl groups excluding tert-OH is 1. The zero-order valence-corrected chi connectivity index (χ0v) is 12.4. The Hall–Kier alpha value is -1.64. The highest BCUT2D eigenvalue weighted by atomic mass is 32.1. The average Bonchev–Trinajstić information content (AvgIpc) is 2.89. The number of amides is 2. The third-order valence-corrected chi connectivity index (χ3v) is 4.13. The minimum atomic E-state index is -0.600. The second kappa shape index (κ2) is 5.78. The first-order valence-corrected chi connectivity index (χ1v) is 7.34. The van der Waals surface area contributed by atoms with Crippen molar-refractivity contribution in [3.63, 3.8) is 0 Å². The van der Waals surface area contributed by atoms with Gasteiger partial charge >= 0.3 is 0 Å². The monoisotopic (exact) mass is 291 g/mol. The number of carbonyl (C=O) groups is 2. The summed E-state index contributed by atoms with van der Waals surface area (Å²) in [7, 11) is 0. The largest absolute Gasteiger partial charge is 0.395 e. The summed E-state index contributed by atoms with van der Waals surface area (Å²) in [5.74, 6) is 5.59. The lowest BCUT2D eigenvalue weighted by atomic mass is 9.92. The van der Waals surface area contributed by atoms with Crippen LogP contribution in [0.4, 0.5) is 0 Å². The first kappa shape index (κ1) is 14.8. The number of hydrogen-bond acceptors (Lipinski definition) is 4. The zero-order chi connectivity index (χ0) is 14.8. The number of carbonyl (C=O) groups excluding carboxylic acids is 2. The van der Waals surface area contributed by atoms with Crippen molar-refractivity contribution in [1.82, 2.24) is 4.90 Å². The molecule has 5 heteroatoms. The highest BCUT2D eigenvalue weighted by Crippen LogP contribution is 2.33. The molecule has 0 saturated carbocycles. The van der Waals surface area contributed by atoms with Crippen molar-refractivity contribution in [2.45, 2.75) is 33.2 Å². The van der Waals surface area contributed by atoms with Crippen molar-refractivity contribution >= 4 is 23.2 Å². The first-order chi connectivity index (χ1) is 9.45. The van der Waals surface area contributed by atoms with Gasteiger partial charge in [-0.15, -0.1) is 11.3 Å². The number of rotatable bonds is 3. The van der Waals surface area contributed by atoms with E-state index in [2.05, 4.69) is 11.8 Å². The molecule has 0 aliphatic carbocycles. The Morgan fingerprint density at radius 2 is 2.20 bits per heavy atom. The molecule has 2 rings (SSSR count). The summed E-state index contributed by atoms with van der Waals surface area (Å²) in [5, 5.41) is 10.6. The number of likely N-dealkylation sites (tertiary alicyclic amines) is 1. The summed E-state index contributed by atoms with van der Waals surface area (Å²) >= 11 is 1.49. The van der Waals surface area contributed by atoms with Crippen molar-refractivity contribution < 1.29 is 14.7 Å². The highest BCUT2D eigenvalue weighted by Gasteiger charge is 2.44. The van der Waals surface area contributed by atoms with Crippen LogP contribution in [0.2, 0.25) is 0 Å². The Morgan fingerprint density at radius 1 is 1.45 bits per heavy atom. The van der Waals surface area contributed by atoms with Crippen LogP contribution in [-0.2, 0) is 16.1 Å². The van der Waals surface area contributed by atoms with Crippen molar-refractivity contribution in [3.05, 3.63) is 21.9 Å². The van der Waals surface area contributed by atoms with Crippen LogP contribution in [0.5, 0.6) is 0 Å². The van der Waals surface area contributed by atoms with Gasteiger partial charge in [0.05, 0.1) is 18.6 Å². The molecule has 0 atom stereocenters. The minimum Gasteiger partial charge on any atom is -0.395 e. The second-order valence-electron chi connectivity index (χ2n) is 5.38. The van der Waals surface area contributed by atoms with Gasteiger partial charge in [0, 0.05) is 23.3 Å². The molecule has 4 nitrogen and oxygen atoms in total. The Bertz CT molecular complexity index is 592. The molecule has 0 spiro atoms. The van der Waals surface area contributed by atoms with Crippen LogP contribution in [-0.4, -0.2) is 28.4 Å². The van der Waals surface area contributed by atoms with Gasteiger partial charge in [0.15, 0.2) is 0 Å². The Morgan fingerprint density at radius 3 is 2.80 bits per heavy atom. The van der Waals surface area contributed by atoms with Gasteiger partial charge in [-0.2, -0.15) is 0 Å². The predicted octanol–water partition coefficient (Wildman–Crippen LogP) is 1.77. The van der Waals surface area contributed by atoms with Gasteiger partial charge in [-0.3, -0.25) is 14.5 Å². The fourth-order valence-electron chi connectivity index (χ4n) is 2.12. The second-order valence-corrected chi connectivity index (χ2v) is 6.38. The Kier molecular flexibility index (Phi) is 4.26. The van der Waals surface area contributed by atoms with E-state index < -0.39 is 5.41 Å². The number of hydrogen-bond donors (Lipinski definition) is 1. The van der Waals surface area contributed by atoms with E-state index in [-0.39, 0.29) is 24.8 Å². The van der Waals surface area contributed by atoms with Crippen molar-refractivity contribution in [2.75, 3.05) is 6.61 Å². The molecular weight excluding hydrogens is 274 g/mol. The lowest BCUT2D eigenvalue weighted by Gasteiger charge is -2.17. The molecule has 1 aliphatic rings. The zero-order valence-electron chi connectivity index (χ0n) is 11.6. The van der Waals surface area contributed by atoms with Crippen LogP contribution in [0.3, 0.4) is 0 Å². The van der Waals surface area contributed by atoms with Crippen molar-refractivity contribution in [3.8, 4) is 11.8 Å². The third-order valence-electron chi connectivity index (χ3n) is 3.23. The van der Waals surface area contributed by atoms with Crippen LogP contribution in [0.1, 0.15) is 37.1 Å². The summed E-state index contributed by atoms with van der Waals surface area (Å²) in [6, 6.07) is 1.88. The van der Waals surface area contributed by atoms with Gasteiger partial charge in [-0.1, -0.05) is 25.7 Å². The fraction of sp³-hybridized carbons (Fsp3) is 0.467. The van der Waals surface area contributed by atoms with E-state index in [9.17, 15) is 9.59 Å². The number of imide groups is 1. The molecule has 0 aromatic carbocycles. The predicted molar refractivity (Wildman–Crippen MR) is 76.9 cm³/mol. The summed E-state index contributed by atoms with van der Waals surface area (Å²) in [6.07, 6.45) is 0.687. The maximum atomic E-state index is 12.2. The van der Waals surface area contributed by atoms with Crippen molar-refractivity contribution in [1.29, 1.82) is 0 Å². The van der Waals surface area contributed by atoms with Gasteiger partial charge in [0.1, 0.15) is 0 Å². The summed E-state index contributed by atoms with van der Waals surface area (Å²) < 4.78 is 0. The van der Waals surface area contributed by atoms with E-state index in [1.54, 1.807) is 13.8 Å². The third kappa shape index (κ3) is 2.92. The maximum absolute atomic E-state index is 12.2. The highest BCUT2D eigenvalue weighted by molar-refractivity contribution is 7.10. The molecule has 106 valence electrons. The molecule has 1 aromatic rings. The van der Waals surface area contributed by atoms with E-state index >= 15 is 0 Å². The van der Waals surface area contributed by atoms with Gasteiger partial charge < -0.3 is 5.11 Å². The first-order valence-electron chi connectivity index (χ1n) is 6.46. The molecule has 1 fully saturated rings. The standard InChI is InChI=1S/C15H17NO3S/c1-15(2)9-13(18)16(14(15)19)10-12-11(6-8-20-12)5-3-4-7-17/h6,8,17H,4,7,9-10H2,1-2H3. The van der Waals surface area contributed by atoms with Gasteiger partial charge in [0.2, 0.25) is 11.8 Å². The average molecular weight is 291 g/mol. The number of aliphatic hydroxyl groups is 1. The number of thiophene rings is 1. The van der Waals surface area contributed by atoms with E-state index in [0.717, 1.165) is 10.4 Å². The molecule has 1 N–H and O–H groups in total. The van der Waals surface area contributed by atoms with Crippen molar-refractivity contribution in [2.24, 2.45) is 5.41 Å². The smallest absolute Gasteiger partial charge is 0.235 e. The Labute approximate surface area is 122 Å². The molecule has 1 aliphatic heterocycles. The molecule has 20 heavy (non-hydrogen) atoms. The summed E-state index contributed by atoms with van der Waals surface area (Å²) in [5.41, 5.74) is 0.227. The van der Waals surface area contributed by atoms with Crippen LogP contribution < -0.4 is 0 Å². The van der Waals surface area contributed by atoms with Crippen LogP contribution in [0.25, 0.3) is 0 Å². The minimum absolute atomic E-state index is 0.0315. The molecule has 1 aromatic heterocycles. The molecule has 2 amide bonds. The van der Waals surface area contributed by atoms with Gasteiger partial charge in [-0.05, 0) is 11.4 Å². The lowest BCUT2D eigenvalue weighted by molar-refractivity contribution is -0.141. The molecule has 0 unspecified atom stereocenters. The summed E-state index contributed by atoms with van der Waals surface area (Å²) in [4.78, 5) is 26.3. The normalized spacial score (nSPS) is 17.2. The quantitative estimate of drug-likeness (QED) is 0.682. The van der Waals surface area contributed by atoms with Gasteiger partial charge in [-0.25, -0.2) is 0 Å². The van der Waals surface area contributed by atoms with Crippen LogP contribution in [0.15, 0.2) is 11.4 Å². The molecule has 2 heterocycles. The van der Waals surface area contributed by atoms with Crippen LogP contribution >= 0.6 is 11.3 Å². The SMILES string of the molecule is CC1(C)CC(=O)N(Cc2sccc2C#CCCO)C1=O. The lowest BCUT2D eigenvalue weighted by Crippen LogP contribution is -2.32. The topological polar surface area (TPSA) is 57.6 Å². The van der Waals surface area contributed by atoms with E-state index in [4.69, 9.17) is 5.11 Å². The van der Waals surface area contributed by atoms with E-state index in [1.165, 1.54) is 16.2 Å². The van der Waals surface area contributed by atoms with E-state index in [0.29, 0.717) is 13.0 Å². The number of nitrogens with zero attached hydrogens (tertiary/aromatic N) is 1. The summed E-state index contributed by atoms with van der Waals surface area (Å²) in [6.45, 7) is 3.92. The molecular formula is C15H17NO3S. The van der Waals surface area contributed by atoms with Gasteiger partial charge in [0.25, 0.3) is 0 Å². The molecule has 0 radical (unpaired) electrons. The fourth-order valence-corrected chi connectivity index (χ4v) is 2.94. The van der Waals surface area contributed by atoms with Crippen LogP contribution in [0, 0.1) is 17.3 Å². The maximum Gasteiger partial charge on any atom is 0.235 e. The van der Waals surface area contributed by atoms with E-state index in [1.807, 2.05) is 11.4 Å².